The number of carbonyl (C=O) groups is 1. The summed E-state index contributed by atoms with van der Waals surface area (Å²) in [6.07, 6.45) is 0.402. The molecule has 0 heterocycles. The summed E-state index contributed by atoms with van der Waals surface area (Å²) in [6.45, 7) is 1.48. The molecule has 0 aliphatic rings. The second-order valence-electron chi connectivity index (χ2n) is 6.45. The molecular formula is C22H29NO6. The number of esters is 1. The van der Waals surface area contributed by atoms with E-state index in [1.165, 1.54) is 7.11 Å². The summed E-state index contributed by atoms with van der Waals surface area (Å²) >= 11 is 0. The van der Waals surface area contributed by atoms with Crippen molar-refractivity contribution in [2.75, 3.05) is 41.7 Å². The number of hydrogen-bond donors (Lipinski definition) is 1. The smallest absolute Gasteiger partial charge is 0.322 e. The van der Waals surface area contributed by atoms with Crippen LogP contribution in [0.4, 0.5) is 0 Å². The summed E-state index contributed by atoms with van der Waals surface area (Å²) in [5.41, 5.74) is 9.50. The van der Waals surface area contributed by atoms with Crippen molar-refractivity contribution in [3.05, 3.63) is 47.5 Å². The van der Waals surface area contributed by atoms with E-state index < -0.39 is 12.0 Å². The predicted molar refractivity (Wildman–Crippen MR) is 110 cm³/mol. The molecule has 0 aromatic heterocycles. The van der Waals surface area contributed by atoms with E-state index in [9.17, 15) is 4.79 Å². The molecule has 2 aromatic rings. The van der Waals surface area contributed by atoms with Gasteiger partial charge in [0.25, 0.3) is 0 Å². The summed E-state index contributed by atoms with van der Waals surface area (Å²) in [5.74, 6) is 0.947. The van der Waals surface area contributed by atoms with Crippen LogP contribution >= 0.6 is 0 Å². The lowest BCUT2D eigenvalue weighted by molar-refractivity contribution is -0.142. The second kappa shape index (κ2) is 11.4. The predicted octanol–water partition coefficient (Wildman–Crippen LogP) is 2.58. The highest BCUT2D eigenvalue weighted by Crippen LogP contribution is 2.39. The van der Waals surface area contributed by atoms with Gasteiger partial charge in [-0.2, -0.15) is 0 Å². The van der Waals surface area contributed by atoms with E-state index in [1.807, 2.05) is 36.4 Å². The van der Waals surface area contributed by atoms with Gasteiger partial charge in [0.05, 0.1) is 46.7 Å². The summed E-state index contributed by atoms with van der Waals surface area (Å²) in [7, 11) is 6.21. The minimum absolute atomic E-state index is 0.402. The van der Waals surface area contributed by atoms with Gasteiger partial charge in [0, 0.05) is 7.11 Å². The molecule has 158 valence electrons. The first-order valence-electron chi connectivity index (χ1n) is 9.28. The van der Waals surface area contributed by atoms with Crippen LogP contribution in [-0.2, 0) is 32.0 Å². The van der Waals surface area contributed by atoms with E-state index >= 15 is 0 Å². The molecule has 0 bridgehead atoms. The lowest BCUT2D eigenvalue weighted by atomic mass is 9.98. The lowest BCUT2D eigenvalue weighted by Crippen LogP contribution is -2.33. The number of ether oxygens (including phenoxy) is 5. The Labute approximate surface area is 171 Å². The van der Waals surface area contributed by atoms with Crippen LogP contribution in [0.1, 0.15) is 11.1 Å². The molecule has 1 atom stereocenters. The minimum Gasteiger partial charge on any atom is -0.496 e. The molecule has 0 radical (unpaired) electrons. The molecule has 0 saturated carbocycles. The number of methoxy groups -OCH3 is 4. The Balaban J connectivity index is 2.24. The number of carbonyl (C=O) groups excluding carboxylic acids is 1. The van der Waals surface area contributed by atoms with Crippen LogP contribution in [0.2, 0.25) is 0 Å². The quantitative estimate of drug-likeness (QED) is 0.456. The van der Waals surface area contributed by atoms with Crippen LogP contribution in [0.5, 0.6) is 11.5 Å². The van der Waals surface area contributed by atoms with E-state index in [1.54, 1.807) is 21.3 Å². The summed E-state index contributed by atoms with van der Waals surface area (Å²) in [4.78, 5) is 11.5. The first-order chi connectivity index (χ1) is 14.0. The number of hydrogen-bond acceptors (Lipinski definition) is 7. The molecule has 2 rings (SSSR count). The standard InChI is InChI=1S/C22H29NO6/c1-25-9-10-29-14-16-12-19(26-2)21(20(13-16)27-3)17-7-5-15(6-8-17)11-18(23)22(24)28-4/h5-8,12-13,18H,9-11,14,23H2,1-4H3/t18-/m0/s1. The van der Waals surface area contributed by atoms with Crippen LogP contribution in [0, 0.1) is 0 Å². The molecule has 7 heteroatoms. The monoisotopic (exact) mass is 403 g/mol. The fraction of sp³-hybridized carbons (Fsp3) is 0.409. The third-order valence-electron chi connectivity index (χ3n) is 4.47. The van der Waals surface area contributed by atoms with Crippen LogP contribution in [0.15, 0.2) is 36.4 Å². The van der Waals surface area contributed by atoms with Gasteiger partial charge in [0.1, 0.15) is 17.5 Å². The van der Waals surface area contributed by atoms with E-state index in [0.29, 0.717) is 37.7 Å². The van der Waals surface area contributed by atoms with Gasteiger partial charge in [-0.05, 0) is 35.2 Å². The highest BCUT2D eigenvalue weighted by molar-refractivity contribution is 5.78. The second-order valence-corrected chi connectivity index (χ2v) is 6.45. The minimum atomic E-state index is -0.688. The Morgan fingerprint density at radius 1 is 0.931 bits per heavy atom. The fourth-order valence-electron chi connectivity index (χ4n) is 2.96. The molecule has 7 nitrogen and oxygen atoms in total. The largest absolute Gasteiger partial charge is 0.496 e. The summed E-state index contributed by atoms with van der Waals surface area (Å²) < 4.78 is 26.5. The summed E-state index contributed by atoms with van der Waals surface area (Å²) in [6, 6.07) is 10.9. The maximum absolute atomic E-state index is 11.5. The third-order valence-corrected chi connectivity index (χ3v) is 4.47. The highest BCUT2D eigenvalue weighted by Gasteiger charge is 2.17. The van der Waals surface area contributed by atoms with Gasteiger partial charge in [-0.1, -0.05) is 24.3 Å². The highest BCUT2D eigenvalue weighted by atomic mass is 16.5. The van der Waals surface area contributed by atoms with Gasteiger partial charge in [-0.25, -0.2) is 0 Å². The molecule has 0 saturated heterocycles. The molecule has 0 unspecified atom stereocenters. The Morgan fingerprint density at radius 3 is 2.07 bits per heavy atom. The van der Waals surface area contributed by atoms with E-state index in [0.717, 1.165) is 22.3 Å². The fourth-order valence-corrected chi connectivity index (χ4v) is 2.96. The van der Waals surface area contributed by atoms with Crippen molar-refractivity contribution >= 4 is 5.97 Å². The topological polar surface area (TPSA) is 89.2 Å². The Bertz CT molecular complexity index is 765. The Morgan fingerprint density at radius 2 is 1.55 bits per heavy atom. The molecule has 29 heavy (non-hydrogen) atoms. The first kappa shape index (κ1) is 22.7. The molecule has 2 N–H and O–H groups in total. The average molecular weight is 403 g/mol. The van der Waals surface area contributed by atoms with Crippen molar-refractivity contribution in [3.8, 4) is 22.6 Å². The van der Waals surface area contributed by atoms with Crippen molar-refractivity contribution in [1.82, 2.24) is 0 Å². The van der Waals surface area contributed by atoms with Gasteiger partial charge < -0.3 is 29.4 Å². The molecule has 0 spiro atoms. The van der Waals surface area contributed by atoms with Crippen LogP contribution < -0.4 is 15.2 Å². The van der Waals surface area contributed by atoms with Gasteiger partial charge in [-0.15, -0.1) is 0 Å². The normalized spacial score (nSPS) is 11.8. The molecular weight excluding hydrogens is 374 g/mol. The van der Waals surface area contributed by atoms with Crippen molar-refractivity contribution < 1.29 is 28.5 Å². The number of benzene rings is 2. The molecule has 2 aromatic carbocycles. The summed E-state index contributed by atoms with van der Waals surface area (Å²) in [5, 5.41) is 0. The van der Waals surface area contributed by atoms with Gasteiger partial charge in [0.2, 0.25) is 0 Å². The molecule has 0 aliphatic heterocycles. The maximum atomic E-state index is 11.5. The first-order valence-corrected chi connectivity index (χ1v) is 9.28. The Hall–Kier alpha value is -2.61. The van der Waals surface area contributed by atoms with Crippen molar-refractivity contribution in [1.29, 1.82) is 0 Å². The van der Waals surface area contributed by atoms with Gasteiger partial charge in [-0.3, -0.25) is 4.79 Å². The number of nitrogens with two attached hydrogens (primary N) is 1. The van der Waals surface area contributed by atoms with E-state index in [4.69, 9.17) is 24.7 Å². The zero-order valence-electron chi connectivity index (χ0n) is 17.4. The average Bonchev–Trinajstić information content (AvgIpc) is 2.76. The van der Waals surface area contributed by atoms with E-state index in [-0.39, 0.29) is 0 Å². The zero-order chi connectivity index (χ0) is 21.2. The van der Waals surface area contributed by atoms with Crippen LogP contribution in [0.25, 0.3) is 11.1 Å². The maximum Gasteiger partial charge on any atom is 0.322 e. The van der Waals surface area contributed by atoms with Crippen LogP contribution in [-0.4, -0.2) is 53.7 Å². The molecule has 0 aliphatic carbocycles. The SMILES string of the molecule is COCCOCc1cc(OC)c(-c2ccc(C[C@H](N)C(=O)OC)cc2)c(OC)c1. The molecule has 0 amide bonds. The van der Waals surface area contributed by atoms with Crippen molar-refractivity contribution in [2.24, 2.45) is 5.73 Å². The van der Waals surface area contributed by atoms with E-state index in [2.05, 4.69) is 4.74 Å². The Kier molecular flexibility index (Phi) is 8.92. The molecule has 0 fully saturated rings. The third kappa shape index (κ3) is 6.19. The number of rotatable bonds is 11. The zero-order valence-corrected chi connectivity index (χ0v) is 17.4. The van der Waals surface area contributed by atoms with Crippen LogP contribution in [0.3, 0.4) is 0 Å². The van der Waals surface area contributed by atoms with Gasteiger partial charge in [0.15, 0.2) is 0 Å². The lowest BCUT2D eigenvalue weighted by Gasteiger charge is -2.16. The van der Waals surface area contributed by atoms with Crippen molar-refractivity contribution in [3.63, 3.8) is 0 Å². The van der Waals surface area contributed by atoms with Gasteiger partial charge >= 0.3 is 5.97 Å². The van der Waals surface area contributed by atoms with Crippen molar-refractivity contribution in [2.45, 2.75) is 19.1 Å².